The summed E-state index contributed by atoms with van der Waals surface area (Å²) in [5.41, 5.74) is -0.514. The molecule has 2 rings (SSSR count). The molecule has 0 radical (unpaired) electrons. The van der Waals surface area contributed by atoms with Crippen LogP contribution in [0.4, 0.5) is 0 Å². The van der Waals surface area contributed by atoms with Gasteiger partial charge in [-0.1, -0.05) is 13.3 Å². The van der Waals surface area contributed by atoms with E-state index in [-0.39, 0.29) is 0 Å². The summed E-state index contributed by atoms with van der Waals surface area (Å²) in [5, 5.41) is 13.9. The molecule has 0 aromatic rings. The lowest BCUT2D eigenvalue weighted by Gasteiger charge is -2.35. The number of nitrogens with one attached hydrogen (secondary N) is 1. The molecule has 0 spiro atoms. The van der Waals surface area contributed by atoms with Gasteiger partial charge in [0.1, 0.15) is 0 Å². The maximum absolute atomic E-state index is 10.4. The van der Waals surface area contributed by atoms with Crippen molar-refractivity contribution in [3.63, 3.8) is 0 Å². The molecule has 0 aromatic heterocycles. The van der Waals surface area contributed by atoms with Crippen LogP contribution >= 0.6 is 0 Å². The first kappa shape index (κ1) is 13.3. The van der Waals surface area contributed by atoms with Crippen molar-refractivity contribution >= 4 is 0 Å². The Balaban J connectivity index is 1.68. The van der Waals surface area contributed by atoms with Gasteiger partial charge in [-0.25, -0.2) is 0 Å². The van der Waals surface area contributed by atoms with Crippen LogP contribution in [0.3, 0.4) is 0 Å². The highest BCUT2D eigenvalue weighted by Gasteiger charge is 2.30. The van der Waals surface area contributed by atoms with E-state index in [1.807, 2.05) is 0 Å². The molecule has 3 nitrogen and oxygen atoms in total. The minimum atomic E-state index is -0.514. The zero-order valence-electron chi connectivity index (χ0n) is 11.1. The average Bonchev–Trinajstić information content (AvgIpc) is 2.38. The minimum Gasteiger partial charge on any atom is -0.388 e. The molecule has 0 aromatic carbocycles. The third-order valence-electron chi connectivity index (χ3n) is 4.57. The second-order valence-electron chi connectivity index (χ2n) is 5.84. The van der Waals surface area contributed by atoms with E-state index in [2.05, 4.69) is 12.2 Å². The molecule has 1 heterocycles. The number of rotatable bonds is 4. The van der Waals surface area contributed by atoms with Crippen LogP contribution in [0.2, 0.25) is 0 Å². The number of ether oxygens (including phenoxy) is 1. The van der Waals surface area contributed by atoms with Crippen molar-refractivity contribution in [2.45, 2.75) is 63.5 Å². The van der Waals surface area contributed by atoms with E-state index in [4.69, 9.17) is 4.74 Å². The summed E-state index contributed by atoms with van der Waals surface area (Å²) in [6, 6.07) is 0.629. The Morgan fingerprint density at radius 1 is 1.18 bits per heavy atom. The lowest BCUT2D eigenvalue weighted by atomic mass is 9.84. The molecule has 0 amide bonds. The largest absolute Gasteiger partial charge is 0.388 e. The van der Waals surface area contributed by atoms with Crippen LogP contribution < -0.4 is 5.32 Å². The molecular weight excluding hydrogens is 214 g/mol. The van der Waals surface area contributed by atoms with Gasteiger partial charge in [0.05, 0.1) is 5.60 Å². The van der Waals surface area contributed by atoms with Crippen molar-refractivity contribution in [1.29, 1.82) is 0 Å². The van der Waals surface area contributed by atoms with Gasteiger partial charge in [-0.05, 0) is 31.6 Å². The van der Waals surface area contributed by atoms with Gasteiger partial charge in [-0.15, -0.1) is 0 Å². The summed E-state index contributed by atoms with van der Waals surface area (Å²) in [5.74, 6) is 0.944. The Kier molecular flexibility index (Phi) is 4.83. The van der Waals surface area contributed by atoms with Gasteiger partial charge in [0.2, 0.25) is 0 Å². The van der Waals surface area contributed by atoms with Crippen LogP contribution in [0.15, 0.2) is 0 Å². The zero-order valence-corrected chi connectivity index (χ0v) is 11.1. The van der Waals surface area contributed by atoms with Gasteiger partial charge >= 0.3 is 0 Å². The van der Waals surface area contributed by atoms with E-state index >= 15 is 0 Å². The highest BCUT2D eigenvalue weighted by Crippen LogP contribution is 2.27. The first-order chi connectivity index (χ1) is 8.22. The van der Waals surface area contributed by atoms with Gasteiger partial charge in [-0.2, -0.15) is 0 Å². The standard InChI is InChI=1S/C14H27NO2/c1-2-12-3-5-13(6-4-12)15-11-14(16)7-9-17-10-8-14/h12-13,15-16H,2-11H2,1H3. The molecule has 1 aliphatic heterocycles. The second-order valence-corrected chi connectivity index (χ2v) is 5.84. The predicted octanol–water partition coefficient (Wildman–Crippen LogP) is 2.09. The van der Waals surface area contributed by atoms with Crippen molar-refractivity contribution in [2.75, 3.05) is 19.8 Å². The normalized spacial score (nSPS) is 33.5. The van der Waals surface area contributed by atoms with Crippen molar-refractivity contribution in [3.05, 3.63) is 0 Å². The summed E-state index contributed by atoms with van der Waals surface area (Å²) in [6.45, 7) is 4.46. The SMILES string of the molecule is CCC1CCC(NCC2(O)CCOCC2)CC1. The molecular formula is C14H27NO2. The van der Waals surface area contributed by atoms with E-state index in [1.165, 1.54) is 32.1 Å². The van der Waals surface area contributed by atoms with E-state index in [1.54, 1.807) is 0 Å². The summed E-state index contributed by atoms with van der Waals surface area (Å²) in [6.07, 6.45) is 8.17. The van der Waals surface area contributed by atoms with Crippen LogP contribution in [-0.2, 0) is 4.74 Å². The van der Waals surface area contributed by atoms with Gasteiger partial charge < -0.3 is 15.2 Å². The number of aliphatic hydroxyl groups is 1. The summed E-state index contributed by atoms with van der Waals surface area (Å²) in [4.78, 5) is 0. The van der Waals surface area contributed by atoms with Gasteiger partial charge in [0, 0.05) is 38.6 Å². The first-order valence-electron chi connectivity index (χ1n) is 7.25. The van der Waals surface area contributed by atoms with Gasteiger partial charge in [0.25, 0.3) is 0 Å². The number of hydrogen-bond donors (Lipinski definition) is 2. The second kappa shape index (κ2) is 6.17. The molecule has 2 aliphatic rings. The zero-order chi connectivity index (χ0) is 12.1. The lowest BCUT2D eigenvalue weighted by molar-refractivity contribution is -0.0633. The Hall–Kier alpha value is -0.120. The Labute approximate surface area is 105 Å². The quantitative estimate of drug-likeness (QED) is 0.792. The highest BCUT2D eigenvalue weighted by molar-refractivity contribution is 4.86. The van der Waals surface area contributed by atoms with Crippen molar-refractivity contribution in [2.24, 2.45) is 5.92 Å². The van der Waals surface area contributed by atoms with Crippen LogP contribution in [0.1, 0.15) is 51.9 Å². The monoisotopic (exact) mass is 241 g/mol. The maximum atomic E-state index is 10.4. The summed E-state index contributed by atoms with van der Waals surface area (Å²) >= 11 is 0. The van der Waals surface area contributed by atoms with E-state index in [0.717, 1.165) is 25.3 Å². The Bertz CT molecular complexity index is 218. The molecule has 1 saturated carbocycles. The molecule has 0 bridgehead atoms. The fourth-order valence-corrected chi connectivity index (χ4v) is 3.04. The van der Waals surface area contributed by atoms with Gasteiger partial charge in [0.15, 0.2) is 0 Å². The Morgan fingerprint density at radius 2 is 1.82 bits per heavy atom. The van der Waals surface area contributed by atoms with E-state index in [0.29, 0.717) is 19.3 Å². The average molecular weight is 241 g/mol. The van der Waals surface area contributed by atoms with Crippen LogP contribution in [-0.4, -0.2) is 36.5 Å². The maximum Gasteiger partial charge on any atom is 0.0815 e. The number of hydrogen-bond acceptors (Lipinski definition) is 3. The topological polar surface area (TPSA) is 41.5 Å². The van der Waals surface area contributed by atoms with Crippen molar-refractivity contribution in [1.82, 2.24) is 5.32 Å². The third kappa shape index (κ3) is 3.94. The minimum absolute atomic E-state index is 0.514. The molecule has 2 fully saturated rings. The molecule has 0 atom stereocenters. The fraction of sp³-hybridized carbons (Fsp3) is 1.00. The molecule has 2 N–H and O–H groups in total. The molecule has 0 unspecified atom stereocenters. The fourth-order valence-electron chi connectivity index (χ4n) is 3.04. The van der Waals surface area contributed by atoms with Crippen molar-refractivity contribution < 1.29 is 9.84 Å². The van der Waals surface area contributed by atoms with Crippen LogP contribution in [0, 0.1) is 5.92 Å². The molecule has 1 aliphatic carbocycles. The molecule has 100 valence electrons. The van der Waals surface area contributed by atoms with E-state index in [9.17, 15) is 5.11 Å². The van der Waals surface area contributed by atoms with E-state index < -0.39 is 5.60 Å². The Morgan fingerprint density at radius 3 is 2.41 bits per heavy atom. The van der Waals surface area contributed by atoms with Crippen LogP contribution in [0.25, 0.3) is 0 Å². The van der Waals surface area contributed by atoms with Crippen molar-refractivity contribution in [3.8, 4) is 0 Å². The summed E-state index contributed by atoms with van der Waals surface area (Å²) in [7, 11) is 0. The molecule has 17 heavy (non-hydrogen) atoms. The highest BCUT2D eigenvalue weighted by atomic mass is 16.5. The first-order valence-corrected chi connectivity index (χ1v) is 7.25. The van der Waals surface area contributed by atoms with Crippen LogP contribution in [0.5, 0.6) is 0 Å². The summed E-state index contributed by atoms with van der Waals surface area (Å²) < 4.78 is 5.30. The molecule has 1 saturated heterocycles. The smallest absolute Gasteiger partial charge is 0.0815 e. The lowest BCUT2D eigenvalue weighted by Crippen LogP contribution is -2.48. The van der Waals surface area contributed by atoms with Gasteiger partial charge in [-0.3, -0.25) is 0 Å². The predicted molar refractivity (Wildman–Crippen MR) is 69.0 cm³/mol. The third-order valence-corrected chi connectivity index (χ3v) is 4.57. The molecule has 3 heteroatoms.